The smallest absolute Gasteiger partial charge is 0.206 e. The Bertz CT molecular complexity index is 466. The molecule has 0 amide bonds. The Morgan fingerprint density at radius 3 is 2.50 bits per heavy atom. The normalized spacial score (nSPS) is 12.3. The number of sulfonamides is 1. The van der Waals surface area contributed by atoms with Crippen molar-refractivity contribution in [1.82, 2.24) is 4.31 Å². The van der Waals surface area contributed by atoms with E-state index in [0.717, 1.165) is 36.2 Å². The summed E-state index contributed by atoms with van der Waals surface area (Å²) in [7, 11) is -1.80. The van der Waals surface area contributed by atoms with E-state index in [0.29, 0.717) is 21.0 Å². The van der Waals surface area contributed by atoms with Gasteiger partial charge in [0.2, 0.25) is 0 Å². The molecule has 3 nitrogen and oxygen atoms in total. The van der Waals surface area contributed by atoms with Crippen LogP contribution in [0.15, 0.2) is 10.3 Å². The van der Waals surface area contributed by atoms with Crippen molar-refractivity contribution in [3.05, 3.63) is 16.0 Å². The summed E-state index contributed by atoms with van der Waals surface area (Å²) in [6, 6.07) is 1.62. The predicted octanol–water partition coefficient (Wildman–Crippen LogP) is 3.74. The quantitative estimate of drug-likeness (QED) is 0.564. The number of unbranched alkanes of at least 4 members (excludes halogenated alkanes) is 2. The standard InChI is InChI=1S/C11H17Cl2NO2S2/c1-9-8-10(17-11(9)13)18(15,16)14(2)7-5-3-4-6-12/h8H,3-7H2,1-2H3. The number of nitrogens with zero attached hydrogens (tertiary/aromatic N) is 1. The van der Waals surface area contributed by atoms with Gasteiger partial charge in [0.05, 0.1) is 4.34 Å². The van der Waals surface area contributed by atoms with Gasteiger partial charge in [0.1, 0.15) is 4.21 Å². The van der Waals surface area contributed by atoms with Gasteiger partial charge in [-0.05, 0) is 31.4 Å². The summed E-state index contributed by atoms with van der Waals surface area (Å²) in [6.07, 6.45) is 2.67. The molecule has 0 bridgehead atoms. The number of aryl methyl sites for hydroxylation is 1. The number of rotatable bonds is 7. The fourth-order valence-corrected chi connectivity index (χ4v) is 4.76. The molecule has 0 aliphatic heterocycles. The van der Waals surface area contributed by atoms with Crippen LogP contribution in [0.25, 0.3) is 0 Å². The van der Waals surface area contributed by atoms with E-state index in [-0.39, 0.29) is 0 Å². The van der Waals surface area contributed by atoms with Gasteiger partial charge in [0, 0.05) is 19.5 Å². The van der Waals surface area contributed by atoms with Gasteiger partial charge in [-0.3, -0.25) is 0 Å². The molecule has 0 radical (unpaired) electrons. The summed E-state index contributed by atoms with van der Waals surface area (Å²) in [4.78, 5) is 0. The van der Waals surface area contributed by atoms with Gasteiger partial charge in [0.25, 0.3) is 10.0 Å². The second-order valence-electron chi connectivity index (χ2n) is 4.10. The highest BCUT2D eigenvalue weighted by atomic mass is 35.5. The van der Waals surface area contributed by atoms with E-state index < -0.39 is 10.0 Å². The van der Waals surface area contributed by atoms with Crippen molar-refractivity contribution in [2.75, 3.05) is 19.5 Å². The zero-order chi connectivity index (χ0) is 13.8. The summed E-state index contributed by atoms with van der Waals surface area (Å²) in [5, 5.41) is 0. The predicted molar refractivity (Wildman–Crippen MR) is 78.5 cm³/mol. The molecule has 0 fully saturated rings. The van der Waals surface area contributed by atoms with E-state index in [4.69, 9.17) is 23.2 Å². The number of halogens is 2. The molecular formula is C11H17Cl2NO2S2. The van der Waals surface area contributed by atoms with Crippen LogP contribution in [-0.4, -0.2) is 32.2 Å². The van der Waals surface area contributed by atoms with Crippen molar-refractivity contribution in [3.8, 4) is 0 Å². The molecule has 0 saturated carbocycles. The number of alkyl halides is 1. The monoisotopic (exact) mass is 329 g/mol. The first-order valence-corrected chi connectivity index (χ1v) is 8.84. The highest BCUT2D eigenvalue weighted by Gasteiger charge is 2.23. The van der Waals surface area contributed by atoms with Crippen LogP contribution in [0.4, 0.5) is 0 Å². The second kappa shape index (κ2) is 7.10. The Labute approximate surface area is 123 Å². The first-order chi connectivity index (χ1) is 8.39. The maximum absolute atomic E-state index is 12.2. The fraction of sp³-hybridized carbons (Fsp3) is 0.636. The lowest BCUT2D eigenvalue weighted by Gasteiger charge is -2.15. The molecule has 1 heterocycles. The van der Waals surface area contributed by atoms with E-state index in [1.165, 1.54) is 4.31 Å². The molecule has 1 aromatic rings. The maximum atomic E-state index is 12.2. The minimum atomic E-state index is -3.39. The van der Waals surface area contributed by atoms with E-state index in [1.807, 2.05) is 0 Å². The molecule has 1 rings (SSSR count). The molecule has 104 valence electrons. The van der Waals surface area contributed by atoms with Gasteiger partial charge < -0.3 is 0 Å². The number of hydrogen-bond acceptors (Lipinski definition) is 3. The highest BCUT2D eigenvalue weighted by molar-refractivity contribution is 7.91. The van der Waals surface area contributed by atoms with Crippen LogP contribution in [-0.2, 0) is 10.0 Å². The molecular weight excluding hydrogens is 313 g/mol. The lowest BCUT2D eigenvalue weighted by Crippen LogP contribution is -2.27. The van der Waals surface area contributed by atoms with Crippen LogP contribution in [0.5, 0.6) is 0 Å². The molecule has 0 saturated heterocycles. The fourth-order valence-electron chi connectivity index (χ4n) is 1.44. The van der Waals surface area contributed by atoms with Crippen molar-refractivity contribution in [2.24, 2.45) is 0 Å². The number of thiophene rings is 1. The Morgan fingerprint density at radius 2 is 2.00 bits per heavy atom. The van der Waals surface area contributed by atoms with Gasteiger partial charge in [-0.15, -0.1) is 22.9 Å². The van der Waals surface area contributed by atoms with Gasteiger partial charge in [-0.25, -0.2) is 12.7 Å². The summed E-state index contributed by atoms with van der Waals surface area (Å²) in [5.74, 6) is 0.621. The third-order valence-electron chi connectivity index (χ3n) is 2.61. The van der Waals surface area contributed by atoms with Crippen molar-refractivity contribution >= 4 is 44.6 Å². The second-order valence-corrected chi connectivity index (χ2v) is 8.40. The topological polar surface area (TPSA) is 37.4 Å². The van der Waals surface area contributed by atoms with E-state index in [9.17, 15) is 8.42 Å². The summed E-state index contributed by atoms with van der Waals surface area (Å²) >= 11 is 12.6. The van der Waals surface area contributed by atoms with Crippen LogP contribution in [0, 0.1) is 6.92 Å². The highest BCUT2D eigenvalue weighted by Crippen LogP contribution is 2.31. The Kier molecular flexibility index (Phi) is 6.41. The number of hydrogen-bond donors (Lipinski definition) is 0. The lowest BCUT2D eigenvalue weighted by atomic mass is 10.2. The molecule has 0 unspecified atom stereocenters. The van der Waals surface area contributed by atoms with E-state index in [1.54, 1.807) is 20.0 Å². The third-order valence-corrected chi connectivity index (χ3v) is 6.73. The van der Waals surface area contributed by atoms with Crippen LogP contribution >= 0.6 is 34.5 Å². The molecule has 0 spiro atoms. The summed E-state index contributed by atoms with van der Waals surface area (Å²) in [5.41, 5.74) is 0.802. The maximum Gasteiger partial charge on any atom is 0.252 e. The van der Waals surface area contributed by atoms with Gasteiger partial charge in [-0.2, -0.15) is 0 Å². The van der Waals surface area contributed by atoms with Gasteiger partial charge in [-0.1, -0.05) is 18.0 Å². The Morgan fingerprint density at radius 1 is 1.33 bits per heavy atom. The first kappa shape index (κ1) is 16.2. The van der Waals surface area contributed by atoms with Crippen molar-refractivity contribution in [2.45, 2.75) is 30.4 Å². The van der Waals surface area contributed by atoms with Crippen LogP contribution in [0.1, 0.15) is 24.8 Å². The van der Waals surface area contributed by atoms with Crippen LogP contribution < -0.4 is 0 Å². The van der Waals surface area contributed by atoms with Crippen molar-refractivity contribution < 1.29 is 8.42 Å². The largest absolute Gasteiger partial charge is 0.252 e. The summed E-state index contributed by atoms with van der Waals surface area (Å²) in [6.45, 7) is 2.31. The minimum Gasteiger partial charge on any atom is -0.206 e. The average Bonchev–Trinajstić information content (AvgIpc) is 2.65. The molecule has 0 aromatic carbocycles. The van der Waals surface area contributed by atoms with Crippen molar-refractivity contribution in [3.63, 3.8) is 0 Å². The van der Waals surface area contributed by atoms with Gasteiger partial charge in [0.15, 0.2) is 0 Å². The first-order valence-electron chi connectivity index (χ1n) is 5.68. The molecule has 0 N–H and O–H groups in total. The zero-order valence-corrected chi connectivity index (χ0v) is 13.6. The summed E-state index contributed by atoms with van der Waals surface area (Å²) < 4.78 is 26.6. The third kappa shape index (κ3) is 4.10. The average molecular weight is 330 g/mol. The van der Waals surface area contributed by atoms with Gasteiger partial charge >= 0.3 is 0 Å². The van der Waals surface area contributed by atoms with Crippen LogP contribution in [0.3, 0.4) is 0 Å². The van der Waals surface area contributed by atoms with Crippen molar-refractivity contribution in [1.29, 1.82) is 0 Å². The zero-order valence-electron chi connectivity index (χ0n) is 10.4. The Hall–Kier alpha value is 0.190. The molecule has 0 atom stereocenters. The molecule has 0 aliphatic carbocycles. The Balaban J connectivity index is 2.68. The molecule has 1 aromatic heterocycles. The van der Waals surface area contributed by atoms with E-state index in [2.05, 4.69) is 0 Å². The SMILES string of the molecule is Cc1cc(S(=O)(=O)N(C)CCCCCCl)sc1Cl. The molecule has 7 heteroatoms. The molecule has 0 aliphatic rings. The lowest BCUT2D eigenvalue weighted by molar-refractivity contribution is 0.456. The van der Waals surface area contributed by atoms with Crippen LogP contribution in [0.2, 0.25) is 4.34 Å². The van der Waals surface area contributed by atoms with E-state index >= 15 is 0 Å². The molecule has 18 heavy (non-hydrogen) atoms. The minimum absolute atomic E-state index is 0.310.